The van der Waals surface area contributed by atoms with E-state index in [1.54, 1.807) is 13.0 Å². The van der Waals surface area contributed by atoms with E-state index >= 15 is 0 Å². The molecule has 7 aromatic rings. The second kappa shape index (κ2) is 44.0. The van der Waals surface area contributed by atoms with E-state index < -0.39 is 18.1 Å². The third-order valence-corrected chi connectivity index (χ3v) is 14.8. The number of hydrogen-bond donors (Lipinski definition) is 0. The van der Waals surface area contributed by atoms with Gasteiger partial charge in [0.25, 0.3) is 0 Å². The molecular weight excluding hydrogens is 1260 g/mol. The molecule has 0 saturated carbocycles. The Morgan fingerprint density at radius 1 is 0.464 bits per heavy atom. The molecule has 0 radical (unpaired) electrons. The maximum Gasteiger partial charge on any atom is 0.344 e. The number of rotatable bonds is 49. The molecule has 1 aliphatic heterocycles. The molecule has 0 spiro atoms. The molecular formula is C75H92F3NO18. The summed E-state index contributed by atoms with van der Waals surface area (Å²) in [6.07, 6.45) is 1.28. The van der Waals surface area contributed by atoms with Crippen LogP contribution in [0, 0.1) is 5.41 Å². The van der Waals surface area contributed by atoms with Gasteiger partial charge in [-0.15, -0.1) is 0 Å². The number of benzene rings is 6. The number of nitrogens with zero attached hydrogens (tertiary/aromatic N) is 1. The zero-order chi connectivity index (χ0) is 68.6. The summed E-state index contributed by atoms with van der Waals surface area (Å²) in [6, 6.07) is 40.6. The van der Waals surface area contributed by atoms with Crippen LogP contribution >= 0.6 is 0 Å². The number of aromatic nitrogens is 1. The molecule has 0 unspecified atom stereocenters. The standard InChI is InChI=1S/C51H65NO12.C24H27F3O6/c1-5-19-54-20-21-55-22-25-57-28-31-61-43-12-7-40(8-13-43)41-9-17-48-46(34-41)47-35-45(64-38-51(6-2)36-60-37-51)16-18-49(47)52(48)42-10-14-44(15-11-42)62-32-29-58-26-23-56-24-27-59-30-33-63-50(53)39(3)4;1-2-19-3-5-20(6-4-19)31-17-15-29-13-11-28-12-14-30-16-18-32-21-7-9-22(10-8-21)33-24(27)23(25)26/h7-18,34-35H,3,5-6,19-33,36-38H2,1-2,4H3;2-10H,1,11-18H2. The molecule has 0 N–H and O–H groups in total. The maximum absolute atomic E-state index is 12.7. The quantitative estimate of drug-likeness (QED) is 0.0152. The van der Waals surface area contributed by atoms with Crippen molar-refractivity contribution in [1.82, 2.24) is 4.57 Å². The number of halogens is 3. The van der Waals surface area contributed by atoms with E-state index in [4.69, 9.17) is 75.8 Å². The maximum atomic E-state index is 12.7. The summed E-state index contributed by atoms with van der Waals surface area (Å²) < 4.78 is 133. The van der Waals surface area contributed by atoms with Crippen LogP contribution in [-0.4, -0.2) is 182 Å². The smallest absolute Gasteiger partial charge is 0.344 e. The minimum atomic E-state index is -2.51. The first-order valence-corrected chi connectivity index (χ1v) is 32.7. The Balaban J connectivity index is 0.000000338. The van der Waals surface area contributed by atoms with Crippen molar-refractivity contribution in [2.24, 2.45) is 5.41 Å². The van der Waals surface area contributed by atoms with Gasteiger partial charge in [0, 0.05) is 28.6 Å². The number of esters is 1. The van der Waals surface area contributed by atoms with Gasteiger partial charge in [-0.1, -0.05) is 63.4 Å². The number of carbonyl (C=O) groups excluding carboxylic acids is 1. The van der Waals surface area contributed by atoms with Gasteiger partial charge in [0.15, 0.2) is 0 Å². The van der Waals surface area contributed by atoms with Gasteiger partial charge in [-0.25, -0.2) is 4.79 Å². The molecule has 0 bridgehead atoms. The van der Waals surface area contributed by atoms with Crippen LogP contribution in [0.1, 0.15) is 39.2 Å². The number of hydrogen-bond acceptors (Lipinski definition) is 18. The third-order valence-electron chi connectivity index (χ3n) is 14.8. The molecule has 0 aliphatic carbocycles. The fourth-order valence-corrected chi connectivity index (χ4v) is 9.41. The highest BCUT2D eigenvalue weighted by Crippen LogP contribution is 2.39. The number of ether oxygens (including phenoxy) is 17. The van der Waals surface area contributed by atoms with Crippen LogP contribution in [0.5, 0.6) is 34.5 Å². The average molecular weight is 1350 g/mol. The molecule has 1 fully saturated rings. The highest BCUT2D eigenvalue weighted by molar-refractivity contribution is 6.11. The second-order valence-electron chi connectivity index (χ2n) is 22.1. The Labute approximate surface area is 566 Å². The molecule has 22 heteroatoms. The van der Waals surface area contributed by atoms with E-state index in [0.717, 1.165) is 99.8 Å². The van der Waals surface area contributed by atoms with Gasteiger partial charge in [0.2, 0.25) is 0 Å². The Bertz CT molecular complexity index is 3410. The lowest BCUT2D eigenvalue weighted by Gasteiger charge is -2.40. The highest BCUT2D eigenvalue weighted by Gasteiger charge is 2.37. The van der Waals surface area contributed by atoms with Crippen molar-refractivity contribution >= 4 is 33.9 Å². The Kier molecular flexibility index (Phi) is 34.7. The monoisotopic (exact) mass is 1350 g/mol. The molecule has 97 heavy (non-hydrogen) atoms. The zero-order valence-corrected chi connectivity index (χ0v) is 55.9. The third kappa shape index (κ3) is 27.4. The minimum absolute atomic E-state index is 0.0592. The van der Waals surface area contributed by atoms with Gasteiger partial charge < -0.3 is 85.1 Å². The van der Waals surface area contributed by atoms with Crippen molar-refractivity contribution in [3.8, 4) is 51.3 Å². The van der Waals surface area contributed by atoms with Crippen LogP contribution in [0.15, 0.2) is 164 Å². The lowest BCUT2D eigenvalue weighted by atomic mass is 9.84. The SMILES string of the molecule is C=C(C)C(=O)OCCOCCOCCOCCOc1ccc(-n2c3ccc(OCC4(CC)COC4)cc3c3cc(-c4ccc(OCCOCCOCCOCCC)cc4)ccc32)cc1.C=Cc1ccc(OCCOCCOCCOCCOc2ccc(OC(F)=C(F)F)cc2)cc1. The summed E-state index contributed by atoms with van der Waals surface area (Å²) in [5.74, 6) is 3.17. The summed E-state index contributed by atoms with van der Waals surface area (Å²) >= 11 is 0. The fourth-order valence-electron chi connectivity index (χ4n) is 9.41. The zero-order valence-electron chi connectivity index (χ0n) is 55.9. The van der Waals surface area contributed by atoms with Gasteiger partial charge in [-0.2, -0.15) is 13.2 Å². The van der Waals surface area contributed by atoms with Crippen molar-refractivity contribution in [1.29, 1.82) is 0 Å². The van der Waals surface area contributed by atoms with Gasteiger partial charge in [0.1, 0.15) is 67.5 Å². The first kappa shape index (κ1) is 76.4. The van der Waals surface area contributed by atoms with Gasteiger partial charge >= 0.3 is 18.1 Å². The molecule has 1 aromatic heterocycles. The molecule has 8 rings (SSSR count). The van der Waals surface area contributed by atoms with E-state index in [2.05, 4.69) is 97.0 Å². The van der Waals surface area contributed by atoms with Crippen LogP contribution in [0.4, 0.5) is 13.2 Å². The van der Waals surface area contributed by atoms with E-state index in [-0.39, 0.29) is 24.4 Å². The minimum Gasteiger partial charge on any atom is -0.493 e. The molecule has 0 atom stereocenters. The van der Waals surface area contributed by atoms with E-state index in [9.17, 15) is 18.0 Å². The Morgan fingerprint density at radius 2 is 0.845 bits per heavy atom. The van der Waals surface area contributed by atoms with Crippen molar-refractivity contribution in [3.05, 3.63) is 170 Å². The molecule has 526 valence electrons. The predicted molar refractivity (Wildman–Crippen MR) is 365 cm³/mol. The van der Waals surface area contributed by atoms with Crippen LogP contribution in [0.25, 0.3) is 44.7 Å². The first-order valence-electron chi connectivity index (χ1n) is 32.7. The van der Waals surface area contributed by atoms with Gasteiger partial charge in [0.05, 0.1) is 149 Å². The van der Waals surface area contributed by atoms with Gasteiger partial charge in [-0.3, -0.25) is 0 Å². The summed E-state index contributed by atoms with van der Waals surface area (Å²) in [7, 11) is 0. The molecule has 1 saturated heterocycles. The van der Waals surface area contributed by atoms with Gasteiger partial charge in [-0.05, 0) is 140 Å². The molecule has 2 heterocycles. The predicted octanol–water partition coefficient (Wildman–Crippen LogP) is 13.9. The summed E-state index contributed by atoms with van der Waals surface area (Å²) in [5, 5.41) is 2.23. The Hall–Kier alpha value is -8.00. The fraction of sp³-hybridized carbons (Fsp3) is 0.427. The van der Waals surface area contributed by atoms with Crippen LogP contribution in [0.3, 0.4) is 0 Å². The van der Waals surface area contributed by atoms with E-state index in [1.165, 1.54) is 24.3 Å². The van der Waals surface area contributed by atoms with Crippen molar-refractivity contribution in [2.75, 3.05) is 172 Å². The molecule has 6 aromatic carbocycles. The average Bonchev–Trinajstić information content (AvgIpc) is 1.59. The largest absolute Gasteiger partial charge is 0.493 e. The van der Waals surface area contributed by atoms with Crippen molar-refractivity contribution < 1.29 is 98.5 Å². The van der Waals surface area contributed by atoms with E-state index in [0.29, 0.717) is 150 Å². The first-order chi connectivity index (χ1) is 47.5. The van der Waals surface area contributed by atoms with Crippen LogP contribution < -0.4 is 28.4 Å². The van der Waals surface area contributed by atoms with Crippen molar-refractivity contribution in [3.63, 3.8) is 0 Å². The van der Waals surface area contributed by atoms with E-state index in [1.807, 2.05) is 48.5 Å². The lowest BCUT2D eigenvalue weighted by molar-refractivity contribution is -0.140. The normalized spacial score (nSPS) is 12.3. The van der Waals surface area contributed by atoms with Crippen LogP contribution in [-0.2, 0) is 56.9 Å². The summed E-state index contributed by atoms with van der Waals surface area (Å²) in [6.45, 7) is 25.5. The highest BCUT2D eigenvalue weighted by atomic mass is 19.3. The molecule has 1 aliphatic rings. The molecule has 0 amide bonds. The lowest BCUT2D eigenvalue weighted by Crippen LogP contribution is -2.46. The number of carbonyl (C=O) groups is 1. The van der Waals surface area contributed by atoms with Crippen molar-refractivity contribution in [2.45, 2.75) is 33.6 Å². The second-order valence-corrected chi connectivity index (χ2v) is 22.1. The molecule has 19 nitrogen and oxygen atoms in total. The number of fused-ring (bicyclic) bond motifs is 3. The summed E-state index contributed by atoms with van der Waals surface area (Å²) in [4.78, 5) is 11.4. The van der Waals surface area contributed by atoms with Crippen LogP contribution in [0.2, 0.25) is 0 Å². The Morgan fingerprint density at radius 3 is 1.27 bits per heavy atom. The summed E-state index contributed by atoms with van der Waals surface area (Å²) in [5.41, 5.74) is 6.86. The topological polar surface area (TPSA) is 179 Å².